The number of rotatable bonds is 5. The van der Waals surface area contributed by atoms with Gasteiger partial charge in [-0.25, -0.2) is 4.79 Å². The average molecular weight is 363 g/mol. The molecule has 1 aromatic rings. The van der Waals surface area contributed by atoms with Crippen LogP contribution in [0.1, 0.15) is 32.4 Å². The predicted molar refractivity (Wildman–Crippen MR) is 94.2 cm³/mol. The minimum Gasteiger partial charge on any atom is -0.444 e. The molecule has 1 amide bonds. The zero-order chi connectivity index (χ0) is 19.3. The molecule has 0 aliphatic carbocycles. The highest BCUT2D eigenvalue weighted by Gasteiger charge is 2.43. The third kappa shape index (κ3) is 4.91. The van der Waals surface area contributed by atoms with Crippen LogP contribution >= 0.6 is 0 Å². The molecule has 7 heteroatoms. The van der Waals surface area contributed by atoms with E-state index in [1.165, 1.54) is 19.3 Å². The Hall–Kier alpha value is -2.22. The number of hydrogen-bond acceptors (Lipinski definition) is 6. The third-order valence-corrected chi connectivity index (χ3v) is 3.69. The Kier molecular flexibility index (Phi) is 6.52. The van der Waals surface area contributed by atoms with Crippen molar-refractivity contribution < 1.29 is 28.9 Å². The molecule has 1 unspecified atom stereocenters. The summed E-state index contributed by atoms with van der Waals surface area (Å²) in [5.74, 6) is -0.369. The van der Waals surface area contributed by atoms with E-state index in [1.807, 2.05) is 6.07 Å². The molecule has 0 fully saturated rings. The fraction of sp³-hybridized carbons (Fsp3) is 0.474. The second kappa shape index (κ2) is 8.44. The van der Waals surface area contributed by atoms with Gasteiger partial charge in [0.1, 0.15) is 24.5 Å². The summed E-state index contributed by atoms with van der Waals surface area (Å²) in [4.78, 5) is 26.3. The van der Waals surface area contributed by atoms with Gasteiger partial charge >= 0.3 is 6.09 Å². The first-order valence-electron chi connectivity index (χ1n) is 8.31. The van der Waals surface area contributed by atoms with Crippen LogP contribution in [0.2, 0.25) is 0 Å². The number of amides is 1. The highest BCUT2D eigenvalue weighted by atomic mass is 16.7. The van der Waals surface area contributed by atoms with Crippen molar-refractivity contribution in [1.29, 1.82) is 0 Å². The molecule has 0 spiro atoms. The van der Waals surface area contributed by atoms with Crippen molar-refractivity contribution in [1.82, 2.24) is 4.90 Å². The number of carbonyl (C=O) groups is 2. The van der Waals surface area contributed by atoms with E-state index < -0.39 is 30.1 Å². The standard InChI is InChI=1S/C19H25NO6/c1-19(2,3)26-18(23)20-15(22)11-10-14(21)16(20)17(25-12-24-4)13-8-6-5-7-9-13/h5-11,15-17,22H,12H2,1-4H3/t15?,16-,17+/m0/s1. The van der Waals surface area contributed by atoms with E-state index in [0.717, 1.165) is 4.90 Å². The van der Waals surface area contributed by atoms with E-state index in [2.05, 4.69) is 0 Å². The monoisotopic (exact) mass is 363 g/mol. The largest absolute Gasteiger partial charge is 0.444 e. The van der Waals surface area contributed by atoms with Gasteiger partial charge in [-0.1, -0.05) is 30.3 Å². The van der Waals surface area contributed by atoms with Crippen molar-refractivity contribution in [2.24, 2.45) is 0 Å². The molecule has 0 saturated carbocycles. The van der Waals surface area contributed by atoms with E-state index in [0.29, 0.717) is 5.56 Å². The first kappa shape index (κ1) is 20.1. The van der Waals surface area contributed by atoms with Crippen LogP contribution in [0.3, 0.4) is 0 Å². The SMILES string of the molecule is COCO[C@H](c1ccccc1)[C@@H]1C(=O)C=CC(O)N1C(=O)OC(C)(C)C. The van der Waals surface area contributed by atoms with Gasteiger partial charge in [0.05, 0.1) is 0 Å². The van der Waals surface area contributed by atoms with Gasteiger partial charge in [-0.2, -0.15) is 0 Å². The normalized spacial score (nSPS) is 21.6. The molecule has 1 heterocycles. The molecule has 3 atom stereocenters. The van der Waals surface area contributed by atoms with Crippen LogP contribution in [-0.2, 0) is 19.0 Å². The third-order valence-electron chi connectivity index (χ3n) is 3.69. The van der Waals surface area contributed by atoms with Gasteiger partial charge in [0.2, 0.25) is 0 Å². The summed E-state index contributed by atoms with van der Waals surface area (Å²) in [5.41, 5.74) is -0.0970. The highest BCUT2D eigenvalue weighted by Crippen LogP contribution is 2.31. The van der Waals surface area contributed by atoms with Gasteiger partial charge < -0.3 is 19.3 Å². The number of hydrogen-bond donors (Lipinski definition) is 1. The van der Waals surface area contributed by atoms with Crippen LogP contribution in [0.15, 0.2) is 42.5 Å². The molecule has 1 aliphatic rings. The second-order valence-corrected chi connectivity index (χ2v) is 6.91. The predicted octanol–water partition coefficient (Wildman–Crippen LogP) is 2.41. The number of methoxy groups -OCH3 is 1. The summed E-state index contributed by atoms with van der Waals surface area (Å²) in [6, 6.07) is 7.92. The van der Waals surface area contributed by atoms with Crippen LogP contribution in [-0.4, -0.2) is 53.7 Å². The Morgan fingerprint density at radius 3 is 2.50 bits per heavy atom. The van der Waals surface area contributed by atoms with Crippen molar-refractivity contribution in [2.75, 3.05) is 13.9 Å². The summed E-state index contributed by atoms with van der Waals surface area (Å²) in [7, 11) is 1.46. The van der Waals surface area contributed by atoms with Crippen molar-refractivity contribution in [3.8, 4) is 0 Å². The zero-order valence-electron chi connectivity index (χ0n) is 15.4. The zero-order valence-corrected chi connectivity index (χ0v) is 15.4. The molecule has 142 valence electrons. The summed E-state index contributed by atoms with van der Waals surface area (Å²) < 4.78 is 16.1. The number of benzene rings is 1. The number of aliphatic hydroxyl groups excluding tert-OH is 1. The molecule has 1 aliphatic heterocycles. The van der Waals surface area contributed by atoms with E-state index in [1.54, 1.807) is 45.0 Å². The van der Waals surface area contributed by atoms with E-state index in [4.69, 9.17) is 14.2 Å². The van der Waals surface area contributed by atoms with Crippen molar-refractivity contribution in [2.45, 2.75) is 44.7 Å². The smallest absolute Gasteiger partial charge is 0.413 e. The van der Waals surface area contributed by atoms with E-state index in [9.17, 15) is 14.7 Å². The molecule has 2 rings (SSSR count). The first-order valence-corrected chi connectivity index (χ1v) is 8.31. The number of nitrogens with zero attached hydrogens (tertiary/aromatic N) is 1. The van der Waals surface area contributed by atoms with Gasteiger partial charge in [-0.05, 0) is 38.5 Å². The Morgan fingerprint density at radius 2 is 1.92 bits per heavy atom. The van der Waals surface area contributed by atoms with Crippen LogP contribution in [0.25, 0.3) is 0 Å². The lowest BCUT2D eigenvalue weighted by molar-refractivity contribution is -0.145. The van der Waals surface area contributed by atoms with Crippen molar-refractivity contribution in [3.63, 3.8) is 0 Å². The lowest BCUT2D eigenvalue weighted by Crippen LogP contribution is -2.56. The molecule has 0 radical (unpaired) electrons. The van der Waals surface area contributed by atoms with Crippen LogP contribution in [0.4, 0.5) is 4.79 Å². The lowest BCUT2D eigenvalue weighted by Gasteiger charge is -2.39. The van der Waals surface area contributed by atoms with Crippen molar-refractivity contribution in [3.05, 3.63) is 48.0 Å². The summed E-state index contributed by atoms with van der Waals surface area (Å²) in [5, 5.41) is 10.3. The minimum atomic E-state index is -1.30. The molecule has 1 aromatic carbocycles. The number of carbonyl (C=O) groups excluding carboxylic acids is 2. The van der Waals surface area contributed by atoms with Gasteiger partial charge in [-0.3, -0.25) is 9.69 Å². The van der Waals surface area contributed by atoms with Gasteiger partial charge in [0.15, 0.2) is 12.0 Å². The molecule has 0 saturated heterocycles. The molecule has 0 aromatic heterocycles. The number of ketones is 1. The Bertz CT molecular complexity index is 652. The summed E-state index contributed by atoms with van der Waals surface area (Å²) in [6.07, 6.45) is -0.418. The van der Waals surface area contributed by atoms with Gasteiger partial charge in [0, 0.05) is 7.11 Å². The molecule has 7 nitrogen and oxygen atoms in total. The number of ether oxygens (including phenoxy) is 3. The molecule has 0 bridgehead atoms. The average Bonchev–Trinajstić information content (AvgIpc) is 2.57. The van der Waals surface area contributed by atoms with Crippen LogP contribution < -0.4 is 0 Å². The van der Waals surface area contributed by atoms with E-state index in [-0.39, 0.29) is 12.6 Å². The quantitative estimate of drug-likeness (QED) is 0.809. The van der Waals surface area contributed by atoms with Crippen LogP contribution in [0.5, 0.6) is 0 Å². The highest BCUT2D eigenvalue weighted by molar-refractivity contribution is 5.98. The molecular formula is C19H25NO6. The molecule has 1 N–H and O–H groups in total. The molecular weight excluding hydrogens is 338 g/mol. The number of aliphatic hydroxyl groups is 1. The first-order chi connectivity index (χ1) is 12.2. The van der Waals surface area contributed by atoms with Gasteiger partial charge in [0.25, 0.3) is 0 Å². The second-order valence-electron chi connectivity index (χ2n) is 6.91. The Morgan fingerprint density at radius 1 is 1.27 bits per heavy atom. The maximum absolute atomic E-state index is 12.7. The maximum Gasteiger partial charge on any atom is 0.413 e. The fourth-order valence-electron chi connectivity index (χ4n) is 2.66. The van der Waals surface area contributed by atoms with Crippen molar-refractivity contribution >= 4 is 11.9 Å². The molecule has 26 heavy (non-hydrogen) atoms. The minimum absolute atomic E-state index is 0.0781. The topological polar surface area (TPSA) is 85.3 Å². The maximum atomic E-state index is 12.7. The Labute approximate surface area is 153 Å². The lowest BCUT2D eigenvalue weighted by atomic mass is 9.94. The van der Waals surface area contributed by atoms with Crippen LogP contribution in [0, 0.1) is 0 Å². The summed E-state index contributed by atoms with van der Waals surface area (Å²) in [6.45, 7) is 5.06. The fourth-order valence-corrected chi connectivity index (χ4v) is 2.66. The van der Waals surface area contributed by atoms with Gasteiger partial charge in [-0.15, -0.1) is 0 Å². The van der Waals surface area contributed by atoms with E-state index >= 15 is 0 Å². The Balaban J connectivity index is 2.42. The summed E-state index contributed by atoms with van der Waals surface area (Å²) >= 11 is 0.